The zero-order valence-electron chi connectivity index (χ0n) is 28.9. The highest BCUT2D eigenvalue weighted by Gasteiger charge is 2.47. The van der Waals surface area contributed by atoms with E-state index in [9.17, 15) is 14.7 Å². The van der Waals surface area contributed by atoms with Crippen molar-refractivity contribution in [1.29, 1.82) is 0 Å². The molecular formula is C40H40N6O5. The lowest BCUT2D eigenvalue weighted by atomic mass is 10.1. The Morgan fingerprint density at radius 1 is 0.980 bits per heavy atom. The molecule has 260 valence electrons. The molecule has 9 rings (SSSR count). The van der Waals surface area contributed by atoms with Crippen LogP contribution in [0.5, 0.6) is 11.5 Å². The molecule has 6 aromatic rings. The fourth-order valence-electron chi connectivity index (χ4n) is 8.34. The number of aryl methyl sites for hydroxylation is 1. The second kappa shape index (κ2) is 11.8. The highest BCUT2D eigenvalue weighted by atomic mass is 16.5. The number of rotatable bonds is 8. The first-order valence-electron chi connectivity index (χ1n) is 17.8. The van der Waals surface area contributed by atoms with Gasteiger partial charge in [0.1, 0.15) is 22.6 Å². The van der Waals surface area contributed by atoms with Crippen molar-refractivity contribution < 1.29 is 24.2 Å². The third-order valence-corrected chi connectivity index (χ3v) is 11.2. The van der Waals surface area contributed by atoms with E-state index in [-0.39, 0.29) is 35.9 Å². The number of likely N-dealkylation sites (tertiary alicyclic amines) is 1. The predicted molar refractivity (Wildman–Crippen MR) is 195 cm³/mol. The lowest BCUT2D eigenvalue weighted by molar-refractivity contribution is 0.0523. The molecule has 51 heavy (non-hydrogen) atoms. The molecule has 2 aliphatic carbocycles. The van der Waals surface area contributed by atoms with Crippen LogP contribution in [0.15, 0.2) is 60.7 Å². The summed E-state index contributed by atoms with van der Waals surface area (Å²) in [7, 11) is 3.63. The zero-order valence-corrected chi connectivity index (χ0v) is 28.9. The number of fused-ring (bicyclic) bond motifs is 5. The number of aromatic nitrogens is 4. The van der Waals surface area contributed by atoms with Gasteiger partial charge < -0.3 is 34.3 Å². The van der Waals surface area contributed by atoms with Crippen molar-refractivity contribution >= 4 is 44.7 Å². The fraction of sp³-hybridized carbons (Fsp3) is 0.350. The van der Waals surface area contributed by atoms with Gasteiger partial charge >= 0.3 is 5.97 Å². The second-order valence-corrected chi connectivity index (χ2v) is 14.3. The predicted octanol–water partition coefficient (Wildman–Crippen LogP) is 6.27. The number of methoxy groups -OCH3 is 1. The Bertz CT molecular complexity index is 2410. The summed E-state index contributed by atoms with van der Waals surface area (Å²) in [4.78, 5) is 38.1. The number of hydrogen-bond acceptors (Lipinski definition) is 8. The molecule has 2 unspecified atom stereocenters. The number of esters is 1. The third kappa shape index (κ3) is 5.04. The van der Waals surface area contributed by atoms with Crippen molar-refractivity contribution in [2.24, 2.45) is 24.6 Å². The summed E-state index contributed by atoms with van der Waals surface area (Å²) in [6, 6.07) is 19.3. The van der Waals surface area contributed by atoms with Gasteiger partial charge in [0.2, 0.25) is 0 Å². The number of ether oxygens (including phenoxy) is 2. The standard InChI is InChI=1S/C40H40N6O5/c1-4-51-40(49)27-11-13-29-26(37(27)47)10-12-28(42-29)22-7-8-23-17-33(45(32(23)16-22)19-21-5-6-21)38-43-30-15-25(18-34(50-3)36(30)44(38)2)39(48)46-20-24-9-14-31(46)35(24)41/h7-8,10-13,15-18,21,24,31,35,47H,4-6,9,14,19-20,41H2,1-3H3/t24?,31?,35-/m1/s1. The van der Waals surface area contributed by atoms with Crippen molar-refractivity contribution in [3.05, 3.63) is 71.8 Å². The maximum Gasteiger partial charge on any atom is 0.341 e. The number of imidazole rings is 1. The highest BCUT2D eigenvalue weighted by molar-refractivity contribution is 6.02. The molecule has 2 saturated carbocycles. The largest absolute Gasteiger partial charge is 0.506 e. The van der Waals surface area contributed by atoms with Crippen molar-refractivity contribution in [3.63, 3.8) is 0 Å². The van der Waals surface area contributed by atoms with Crippen LogP contribution in [0.25, 0.3) is 55.6 Å². The Morgan fingerprint density at radius 2 is 1.82 bits per heavy atom. The molecule has 1 saturated heterocycles. The van der Waals surface area contributed by atoms with Crippen LogP contribution in [0.2, 0.25) is 0 Å². The number of nitrogens with zero attached hydrogens (tertiary/aromatic N) is 5. The van der Waals surface area contributed by atoms with Gasteiger partial charge in [-0.1, -0.05) is 12.1 Å². The number of phenolic OH excluding ortho intramolecular Hbond substituents is 1. The molecule has 2 bridgehead atoms. The average molecular weight is 685 g/mol. The minimum absolute atomic E-state index is 0.0163. The number of benzene rings is 3. The second-order valence-electron chi connectivity index (χ2n) is 14.3. The molecular weight excluding hydrogens is 644 g/mol. The third-order valence-electron chi connectivity index (χ3n) is 11.2. The van der Waals surface area contributed by atoms with Crippen LogP contribution in [0.4, 0.5) is 0 Å². The van der Waals surface area contributed by atoms with E-state index in [1.807, 2.05) is 30.1 Å². The number of hydrogen-bond donors (Lipinski definition) is 2. The number of carbonyl (C=O) groups is 2. The van der Waals surface area contributed by atoms with Crippen LogP contribution in [0, 0.1) is 11.8 Å². The molecule has 3 fully saturated rings. The van der Waals surface area contributed by atoms with Crippen LogP contribution >= 0.6 is 0 Å². The van der Waals surface area contributed by atoms with E-state index < -0.39 is 5.97 Å². The van der Waals surface area contributed by atoms with Crippen LogP contribution in [-0.4, -0.2) is 73.3 Å². The van der Waals surface area contributed by atoms with Crippen LogP contribution in [-0.2, 0) is 18.3 Å². The monoisotopic (exact) mass is 684 g/mol. The fourth-order valence-corrected chi connectivity index (χ4v) is 8.34. The summed E-state index contributed by atoms with van der Waals surface area (Å²) in [6.07, 6.45) is 4.41. The summed E-state index contributed by atoms with van der Waals surface area (Å²) in [5.74, 6) is 1.66. The van der Waals surface area contributed by atoms with Gasteiger partial charge in [0, 0.05) is 59.6 Å². The average Bonchev–Trinajstić information content (AvgIpc) is 3.54. The molecule has 3 aliphatic rings. The van der Waals surface area contributed by atoms with Gasteiger partial charge in [0.05, 0.1) is 36.1 Å². The Hall–Kier alpha value is -5.42. The van der Waals surface area contributed by atoms with Gasteiger partial charge in [0.15, 0.2) is 5.82 Å². The zero-order chi connectivity index (χ0) is 35.1. The van der Waals surface area contributed by atoms with Gasteiger partial charge in [-0.05, 0) is 93.0 Å². The first kappa shape index (κ1) is 31.6. The van der Waals surface area contributed by atoms with Gasteiger partial charge in [-0.25, -0.2) is 14.8 Å². The van der Waals surface area contributed by atoms with Crippen LogP contribution in [0.3, 0.4) is 0 Å². The van der Waals surface area contributed by atoms with E-state index in [1.54, 1.807) is 32.2 Å². The van der Waals surface area contributed by atoms with Crippen molar-refractivity contribution in [2.75, 3.05) is 20.3 Å². The molecule has 3 atom stereocenters. The summed E-state index contributed by atoms with van der Waals surface area (Å²) in [5, 5.41) is 12.4. The Kier molecular flexibility index (Phi) is 7.32. The number of nitrogens with two attached hydrogens (primary N) is 1. The molecule has 11 nitrogen and oxygen atoms in total. The minimum Gasteiger partial charge on any atom is -0.506 e. The molecule has 0 radical (unpaired) electrons. The topological polar surface area (TPSA) is 138 Å². The van der Waals surface area contributed by atoms with E-state index in [0.717, 1.165) is 58.6 Å². The number of aromatic hydroxyl groups is 1. The lowest BCUT2D eigenvalue weighted by Crippen LogP contribution is -2.41. The van der Waals surface area contributed by atoms with E-state index >= 15 is 0 Å². The molecule has 4 heterocycles. The van der Waals surface area contributed by atoms with Gasteiger partial charge in [-0.3, -0.25) is 4.79 Å². The SMILES string of the molecule is CCOC(=O)c1ccc2nc(-c3ccc4cc(-c5nc6cc(C(=O)N7CC8CCC7[C@@H]8N)cc(OC)c6n5C)n(CC5CC5)c4c3)ccc2c1O. The van der Waals surface area contributed by atoms with Gasteiger partial charge in [-0.2, -0.15) is 0 Å². The molecule has 3 aromatic heterocycles. The van der Waals surface area contributed by atoms with E-state index in [2.05, 4.69) is 33.4 Å². The normalized spacial score (nSPS) is 19.8. The van der Waals surface area contributed by atoms with E-state index in [4.69, 9.17) is 25.2 Å². The highest BCUT2D eigenvalue weighted by Crippen LogP contribution is 2.41. The van der Waals surface area contributed by atoms with E-state index in [1.165, 1.54) is 12.8 Å². The van der Waals surface area contributed by atoms with Gasteiger partial charge in [0.25, 0.3) is 5.91 Å². The Labute approximate surface area is 294 Å². The number of pyridine rings is 1. The summed E-state index contributed by atoms with van der Waals surface area (Å²) < 4.78 is 15.4. The Morgan fingerprint density at radius 3 is 2.55 bits per heavy atom. The van der Waals surface area contributed by atoms with Gasteiger partial charge in [-0.15, -0.1) is 0 Å². The quantitative estimate of drug-likeness (QED) is 0.179. The number of carbonyl (C=O) groups excluding carboxylic acids is 2. The molecule has 3 aromatic carbocycles. The van der Waals surface area contributed by atoms with Crippen LogP contribution < -0.4 is 10.5 Å². The number of phenols is 1. The summed E-state index contributed by atoms with van der Waals surface area (Å²) in [5.41, 5.74) is 13.0. The smallest absolute Gasteiger partial charge is 0.341 e. The maximum atomic E-state index is 13.8. The minimum atomic E-state index is -0.564. The van der Waals surface area contributed by atoms with Crippen molar-refractivity contribution in [3.8, 4) is 34.3 Å². The Balaban J connectivity index is 1.12. The van der Waals surface area contributed by atoms with E-state index in [0.29, 0.717) is 46.1 Å². The van der Waals surface area contributed by atoms with Crippen molar-refractivity contribution in [1.82, 2.24) is 24.0 Å². The number of piperidine rings is 1. The first-order chi connectivity index (χ1) is 24.7. The maximum absolute atomic E-state index is 13.8. The van der Waals surface area contributed by atoms with Crippen molar-refractivity contribution in [2.45, 2.75) is 51.2 Å². The number of amides is 1. The molecule has 3 N–H and O–H groups in total. The lowest BCUT2D eigenvalue weighted by Gasteiger charge is -2.27. The molecule has 1 aliphatic heterocycles. The van der Waals surface area contributed by atoms with Crippen LogP contribution in [0.1, 0.15) is 53.3 Å². The molecule has 11 heteroatoms. The summed E-state index contributed by atoms with van der Waals surface area (Å²) >= 11 is 0. The first-order valence-corrected chi connectivity index (χ1v) is 17.8. The molecule has 1 amide bonds. The summed E-state index contributed by atoms with van der Waals surface area (Å²) in [6.45, 7) is 3.52. The molecule has 0 spiro atoms.